The third-order valence-electron chi connectivity index (χ3n) is 3.20. The van der Waals surface area contributed by atoms with Crippen molar-refractivity contribution >= 4 is 5.91 Å². The summed E-state index contributed by atoms with van der Waals surface area (Å²) >= 11 is 0. The summed E-state index contributed by atoms with van der Waals surface area (Å²) in [5.41, 5.74) is 8.03. The maximum Gasteiger partial charge on any atom is 0.237 e. The zero-order valence-electron chi connectivity index (χ0n) is 11.5. The highest BCUT2D eigenvalue weighted by atomic mass is 16.2. The molecule has 2 atom stereocenters. The maximum absolute atomic E-state index is 12.1. The normalized spacial score (nSPS) is 13.5. The van der Waals surface area contributed by atoms with Gasteiger partial charge in [-0.25, -0.2) is 0 Å². The molecule has 1 unspecified atom stereocenters. The summed E-state index contributed by atoms with van der Waals surface area (Å²) in [6, 6.07) is 12.9. The van der Waals surface area contributed by atoms with Gasteiger partial charge in [-0.2, -0.15) is 0 Å². The molecular formula is C16H19N3O. The van der Waals surface area contributed by atoms with E-state index in [4.69, 9.17) is 5.73 Å². The largest absolute Gasteiger partial charge is 0.348 e. The van der Waals surface area contributed by atoms with Gasteiger partial charge in [-0.05, 0) is 36.6 Å². The van der Waals surface area contributed by atoms with Gasteiger partial charge in [0.25, 0.3) is 0 Å². The summed E-state index contributed by atoms with van der Waals surface area (Å²) < 4.78 is 0. The minimum atomic E-state index is -0.540. The summed E-state index contributed by atoms with van der Waals surface area (Å²) in [5.74, 6) is -0.141. The van der Waals surface area contributed by atoms with E-state index in [9.17, 15) is 4.79 Å². The van der Waals surface area contributed by atoms with E-state index in [1.165, 1.54) is 0 Å². The van der Waals surface area contributed by atoms with Crippen LogP contribution in [0.2, 0.25) is 0 Å². The van der Waals surface area contributed by atoms with Crippen LogP contribution < -0.4 is 11.1 Å². The molecule has 0 saturated heterocycles. The molecule has 0 saturated carbocycles. The van der Waals surface area contributed by atoms with Crippen LogP contribution in [-0.4, -0.2) is 16.9 Å². The number of rotatable bonds is 5. The SMILES string of the molecule is CC(NC(=O)[C@H](N)Cc1ccccc1)c1ccncc1. The number of carbonyl (C=O) groups excluding carboxylic acids is 1. The van der Waals surface area contributed by atoms with Crippen LogP contribution in [0.4, 0.5) is 0 Å². The molecule has 0 bridgehead atoms. The van der Waals surface area contributed by atoms with Crippen LogP contribution in [0, 0.1) is 0 Å². The molecule has 0 fully saturated rings. The summed E-state index contributed by atoms with van der Waals surface area (Å²) in [4.78, 5) is 16.0. The van der Waals surface area contributed by atoms with Crippen molar-refractivity contribution in [2.45, 2.75) is 25.4 Å². The fourth-order valence-corrected chi connectivity index (χ4v) is 2.02. The van der Waals surface area contributed by atoms with Crippen molar-refractivity contribution in [2.75, 3.05) is 0 Å². The number of benzene rings is 1. The summed E-state index contributed by atoms with van der Waals surface area (Å²) in [6.45, 7) is 1.93. The average Bonchev–Trinajstić information content (AvgIpc) is 2.49. The first kappa shape index (κ1) is 14.2. The number of hydrogen-bond donors (Lipinski definition) is 2. The highest BCUT2D eigenvalue weighted by Crippen LogP contribution is 2.10. The highest BCUT2D eigenvalue weighted by molar-refractivity contribution is 5.82. The van der Waals surface area contributed by atoms with Gasteiger partial charge in [0.2, 0.25) is 5.91 Å². The van der Waals surface area contributed by atoms with Crippen LogP contribution in [0.1, 0.15) is 24.1 Å². The van der Waals surface area contributed by atoms with Gasteiger partial charge in [0.15, 0.2) is 0 Å². The standard InChI is InChI=1S/C16H19N3O/c1-12(14-7-9-18-10-8-14)19-16(20)15(17)11-13-5-3-2-4-6-13/h2-10,12,15H,11,17H2,1H3,(H,19,20)/t12?,15-/m1/s1. The van der Waals surface area contributed by atoms with E-state index in [2.05, 4.69) is 10.3 Å². The van der Waals surface area contributed by atoms with E-state index in [0.29, 0.717) is 6.42 Å². The molecule has 0 aliphatic heterocycles. The van der Waals surface area contributed by atoms with E-state index in [0.717, 1.165) is 11.1 Å². The molecule has 2 rings (SSSR count). The van der Waals surface area contributed by atoms with Crippen molar-refractivity contribution in [1.29, 1.82) is 0 Å². The predicted octanol–water partition coefficient (Wildman–Crippen LogP) is 1.83. The van der Waals surface area contributed by atoms with Crippen LogP contribution >= 0.6 is 0 Å². The zero-order chi connectivity index (χ0) is 14.4. The zero-order valence-corrected chi connectivity index (χ0v) is 11.5. The smallest absolute Gasteiger partial charge is 0.237 e. The van der Waals surface area contributed by atoms with Crippen LogP contribution in [0.5, 0.6) is 0 Å². The predicted molar refractivity (Wildman–Crippen MR) is 78.9 cm³/mol. The Balaban J connectivity index is 1.91. The van der Waals surface area contributed by atoms with Crippen molar-refractivity contribution in [1.82, 2.24) is 10.3 Å². The first-order valence-corrected chi connectivity index (χ1v) is 6.66. The van der Waals surface area contributed by atoms with Crippen molar-refractivity contribution in [3.05, 3.63) is 66.0 Å². The van der Waals surface area contributed by atoms with E-state index in [-0.39, 0.29) is 11.9 Å². The summed E-state index contributed by atoms with van der Waals surface area (Å²) in [7, 11) is 0. The fraction of sp³-hybridized carbons (Fsp3) is 0.250. The van der Waals surface area contributed by atoms with Crippen molar-refractivity contribution in [3.8, 4) is 0 Å². The topological polar surface area (TPSA) is 68.0 Å². The molecule has 1 aromatic heterocycles. The number of carbonyl (C=O) groups is 1. The Labute approximate surface area is 119 Å². The quantitative estimate of drug-likeness (QED) is 0.870. The Kier molecular flexibility index (Phi) is 4.85. The third-order valence-corrected chi connectivity index (χ3v) is 3.20. The van der Waals surface area contributed by atoms with Gasteiger partial charge in [0, 0.05) is 12.4 Å². The first-order valence-electron chi connectivity index (χ1n) is 6.66. The Morgan fingerprint density at radius 3 is 2.50 bits per heavy atom. The molecule has 104 valence electrons. The number of nitrogens with zero attached hydrogens (tertiary/aromatic N) is 1. The van der Waals surface area contributed by atoms with Crippen LogP contribution in [-0.2, 0) is 11.2 Å². The second-order valence-electron chi connectivity index (χ2n) is 4.81. The van der Waals surface area contributed by atoms with E-state index >= 15 is 0 Å². The van der Waals surface area contributed by atoms with Crippen LogP contribution in [0.3, 0.4) is 0 Å². The Bertz CT molecular complexity index is 542. The minimum absolute atomic E-state index is 0.0766. The van der Waals surface area contributed by atoms with Crippen molar-refractivity contribution in [2.24, 2.45) is 5.73 Å². The molecule has 1 aromatic carbocycles. The molecule has 3 N–H and O–H groups in total. The number of nitrogens with one attached hydrogen (secondary N) is 1. The molecule has 2 aromatic rings. The Morgan fingerprint density at radius 2 is 1.85 bits per heavy atom. The molecule has 1 heterocycles. The van der Waals surface area contributed by atoms with Gasteiger partial charge in [-0.15, -0.1) is 0 Å². The summed E-state index contributed by atoms with van der Waals surface area (Å²) in [6.07, 6.45) is 3.96. The number of pyridine rings is 1. The fourth-order valence-electron chi connectivity index (χ4n) is 2.02. The lowest BCUT2D eigenvalue weighted by Gasteiger charge is -2.17. The van der Waals surface area contributed by atoms with Crippen LogP contribution in [0.25, 0.3) is 0 Å². The van der Waals surface area contributed by atoms with Crippen molar-refractivity contribution in [3.63, 3.8) is 0 Å². The number of nitrogens with two attached hydrogens (primary N) is 1. The molecule has 0 aliphatic rings. The highest BCUT2D eigenvalue weighted by Gasteiger charge is 2.16. The molecule has 4 nitrogen and oxygen atoms in total. The van der Waals surface area contributed by atoms with E-state index in [1.54, 1.807) is 12.4 Å². The van der Waals surface area contributed by atoms with Gasteiger partial charge in [0.1, 0.15) is 0 Å². The lowest BCUT2D eigenvalue weighted by molar-refractivity contribution is -0.123. The lowest BCUT2D eigenvalue weighted by Crippen LogP contribution is -2.42. The Morgan fingerprint density at radius 1 is 1.20 bits per heavy atom. The van der Waals surface area contributed by atoms with Gasteiger partial charge < -0.3 is 11.1 Å². The molecule has 20 heavy (non-hydrogen) atoms. The second-order valence-corrected chi connectivity index (χ2v) is 4.81. The monoisotopic (exact) mass is 269 g/mol. The van der Waals surface area contributed by atoms with E-state index < -0.39 is 6.04 Å². The molecule has 1 amide bonds. The second kappa shape index (κ2) is 6.82. The molecule has 0 spiro atoms. The maximum atomic E-state index is 12.1. The number of amides is 1. The first-order chi connectivity index (χ1) is 9.66. The van der Waals surface area contributed by atoms with Crippen LogP contribution in [0.15, 0.2) is 54.9 Å². The van der Waals surface area contributed by atoms with Gasteiger partial charge in [-0.3, -0.25) is 9.78 Å². The number of aromatic nitrogens is 1. The van der Waals surface area contributed by atoms with E-state index in [1.807, 2.05) is 49.4 Å². The lowest BCUT2D eigenvalue weighted by atomic mass is 10.0. The van der Waals surface area contributed by atoms with Gasteiger partial charge in [0.05, 0.1) is 12.1 Å². The molecule has 0 aliphatic carbocycles. The van der Waals surface area contributed by atoms with Gasteiger partial charge >= 0.3 is 0 Å². The minimum Gasteiger partial charge on any atom is -0.348 e. The van der Waals surface area contributed by atoms with Gasteiger partial charge in [-0.1, -0.05) is 30.3 Å². The summed E-state index contributed by atoms with van der Waals surface area (Å²) in [5, 5.41) is 2.92. The third kappa shape index (κ3) is 3.90. The average molecular weight is 269 g/mol. The van der Waals surface area contributed by atoms with Crippen molar-refractivity contribution < 1.29 is 4.79 Å². The molecule has 4 heteroatoms. The molecule has 0 radical (unpaired) electrons. The molecular weight excluding hydrogens is 250 g/mol. The number of hydrogen-bond acceptors (Lipinski definition) is 3. The Hall–Kier alpha value is -2.20.